The van der Waals surface area contributed by atoms with Gasteiger partial charge >= 0.3 is 0 Å². The van der Waals surface area contributed by atoms with Crippen LogP contribution in [0.1, 0.15) is 80.6 Å². The van der Waals surface area contributed by atoms with Gasteiger partial charge in [-0.2, -0.15) is 0 Å². The molecule has 0 radical (unpaired) electrons. The van der Waals surface area contributed by atoms with Crippen LogP contribution in [0.5, 0.6) is 0 Å². The highest BCUT2D eigenvalue weighted by molar-refractivity contribution is 4.88. The summed E-state index contributed by atoms with van der Waals surface area (Å²) in [5, 5.41) is 0. The molecule has 0 aromatic carbocycles. The third-order valence-corrected chi connectivity index (χ3v) is 4.42. The quantitative estimate of drug-likeness (QED) is 0.551. The van der Waals surface area contributed by atoms with Crippen LogP contribution in [0.3, 0.4) is 0 Å². The first kappa shape index (κ1) is 17.0. The Hall–Kier alpha value is -0.0400. The Balaban J connectivity index is 4.28. The normalized spacial score (nSPS) is 16.2. The van der Waals surface area contributed by atoms with Crippen molar-refractivity contribution >= 4 is 0 Å². The molecule has 0 fully saturated rings. The molecule has 104 valence electrons. The van der Waals surface area contributed by atoms with E-state index in [9.17, 15) is 0 Å². The Morgan fingerprint density at radius 1 is 0.941 bits per heavy atom. The van der Waals surface area contributed by atoms with E-state index in [2.05, 4.69) is 48.5 Å². The van der Waals surface area contributed by atoms with Crippen molar-refractivity contribution < 1.29 is 4.74 Å². The molecule has 1 unspecified atom stereocenters. The highest BCUT2D eigenvalue weighted by Gasteiger charge is 2.37. The zero-order valence-corrected chi connectivity index (χ0v) is 13.2. The van der Waals surface area contributed by atoms with Gasteiger partial charge in [0.25, 0.3) is 0 Å². The van der Waals surface area contributed by atoms with E-state index in [4.69, 9.17) is 4.74 Å². The summed E-state index contributed by atoms with van der Waals surface area (Å²) in [6, 6.07) is 0. The third kappa shape index (κ3) is 5.42. The van der Waals surface area contributed by atoms with Gasteiger partial charge in [0, 0.05) is 6.61 Å². The maximum atomic E-state index is 6.27. The number of ether oxygens (including phenoxy) is 1. The van der Waals surface area contributed by atoms with Gasteiger partial charge in [-0.3, -0.25) is 0 Å². The third-order valence-electron chi connectivity index (χ3n) is 4.42. The van der Waals surface area contributed by atoms with E-state index in [1.165, 1.54) is 25.7 Å². The lowest BCUT2D eigenvalue weighted by Crippen LogP contribution is -2.43. The molecule has 0 aliphatic rings. The Morgan fingerprint density at radius 3 is 1.82 bits per heavy atom. The molecule has 0 heterocycles. The van der Waals surface area contributed by atoms with Crippen molar-refractivity contribution in [3.05, 3.63) is 0 Å². The van der Waals surface area contributed by atoms with Crippen molar-refractivity contribution in [3.63, 3.8) is 0 Å². The average molecular weight is 242 g/mol. The van der Waals surface area contributed by atoms with Crippen LogP contribution in [-0.4, -0.2) is 12.2 Å². The molecule has 0 rings (SSSR count). The first-order chi connectivity index (χ1) is 7.80. The summed E-state index contributed by atoms with van der Waals surface area (Å²) in [4.78, 5) is 0. The minimum atomic E-state index is 0.0216. The summed E-state index contributed by atoms with van der Waals surface area (Å²) >= 11 is 0. The van der Waals surface area contributed by atoms with Crippen LogP contribution >= 0.6 is 0 Å². The Morgan fingerprint density at radius 2 is 1.47 bits per heavy atom. The number of rotatable bonds is 8. The van der Waals surface area contributed by atoms with Gasteiger partial charge in [-0.05, 0) is 31.1 Å². The minimum absolute atomic E-state index is 0.0216. The second kappa shape index (κ2) is 7.41. The van der Waals surface area contributed by atoms with Gasteiger partial charge in [-0.1, -0.05) is 60.8 Å². The lowest BCUT2D eigenvalue weighted by molar-refractivity contribution is -0.113. The van der Waals surface area contributed by atoms with Crippen LogP contribution in [0.4, 0.5) is 0 Å². The molecule has 0 aromatic heterocycles. The molecule has 0 N–H and O–H groups in total. The fourth-order valence-electron chi connectivity index (χ4n) is 2.29. The maximum Gasteiger partial charge on any atom is 0.0702 e. The SMILES string of the molecule is CCCC(C)(OCCC(CC)CC)C(C)(C)C. The summed E-state index contributed by atoms with van der Waals surface area (Å²) < 4.78 is 6.27. The van der Waals surface area contributed by atoms with E-state index >= 15 is 0 Å². The predicted molar refractivity (Wildman–Crippen MR) is 77.4 cm³/mol. The Kier molecular flexibility index (Phi) is 7.39. The summed E-state index contributed by atoms with van der Waals surface area (Å²) in [5.74, 6) is 0.834. The molecule has 0 saturated heterocycles. The van der Waals surface area contributed by atoms with Gasteiger partial charge in [-0.15, -0.1) is 0 Å². The summed E-state index contributed by atoms with van der Waals surface area (Å²) in [6.45, 7) is 16.9. The second-order valence-corrected chi connectivity index (χ2v) is 6.55. The van der Waals surface area contributed by atoms with E-state index in [1.54, 1.807) is 0 Å². The molecule has 0 aliphatic carbocycles. The zero-order chi connectivity index (χ0) is 13.5. The Labute approximate surface area is 109 Å². The maximum absolute atomic E-state index is 6.27. The smallest absolute Gasteiger partial charge is 0.0702 e. The minimum Gasteiger partial charge on any atom is -0.375 e. The van der Waals surface area contributed by atoms with E-state index in [0.717, 1.165) is 18.9 Å². The highest BCUT2D eigenvalue weighted by atomic mass is 16.5. The molecular formula is C16H34O. The van der Waals surface area contributed by atoms with E-state index < -0.39 is 0 Å². The van der Waals surface area contributed by atoms with Crippen molar-refractivity contribution in [2.75, 3.05) is 6.61 Å². The van der Waals surface area contributed by atoms with Gasteiger partial charge < -0.3 is 4.74 Å². The van der Waals surface area contributed by atoms with Crippen molar-refractivity contribution in [2.45, 2.75) is 86.2 Å². The zero-order valence-electron chi connectivity index (χ0n) is 13.2. The molecule has 0 saturated carbocycles. The fraction of sp³-hybridized carbons (Fsp3) is 1.00. The van der Waals surface area contributed by atoms with Crippen LogP contribution in [-0.2, 0) is 4.74 Å². The van der Waals surface area contributed by atoms with E-state index in [-0.39, 0.29) is 11.0 Å². The number of hydrogen-bond acceptors (Lipinski definition) is 1. The van der Waals surface area contributed by atoms with Crippen LogP contribution in [0, 0.1) is 11.3 Å². The fourth-order valence-corrected chi connectivity index (χ4v) is 2.29. The van der Waals surface area contributed by atoms with Crippen LogP contribution in [0.2, 0.25) is 0 Å². The molecule has 0 amide bonds. The van der Waals surface area contributed by atoms with Crippen molar-refractivity contribution in [1.82, 2.24) is 0 Å². The van der Waals surface area contributed by atoms with Crippen molar-refractivity contribution in [1.29, 1.82) is 0 Å². The topological polar surface area (TPSA) is 9.23 Å². The molecule has 0 spiro atoms. The summed E-state index contributed by atoms with van der Waals surface area (Å²) in [7, 11) is 0. The molecule has 1 nitrogen and oxygen atoms in total. The number of hydrogen-bond donors (Lipinski definition) is 0. The molecule has 0 aromatic rings. The first-order valence-corrected chi connectivity index (χ1v) is 7.44. The highest BCUT2D eigenvalue weighted by Crippen LogP contribution is 2.37. The van der Waals surface area contributed by atoms with E-state index in [1.807, 2.05) is 0 Å². The average Bonchev–Trinajstić information content (AvgIpc) is 2.23. The van der Waals surface area contributed by atoms with Crippen LogP contribution in [0.15, 0.2) is 0 Å². The molecule has 17 heavy (non-hydrogen) atoms. The molecular weight excluding hydrogens is 208 g/mol. The van der Waals surface area contributed by atoms with Crippen LogP contribution < -0.4 is 0 Å². The largest absolute Gasteiger partial charge is 0.375 e. The first-order valence-electron chi connectivity index (χ1n) is 7.44. The van der Waals surface area contributed by atoms with Gasteiger partial charge in [0.15, 0.2) is 0 Å². The van der Waals surface area contributed by atoms with Gasteiger partial charge in [0.1, 0.15) is 0 Å². The monoisotopic (exact) mass is 242 g/mol. The van der Waals surface area contributed by atoms with Crippen LogP contribution in [0.25, 0.3) is 0 Å². The predicted octanol–water partition coefficient (Wildman–Crippen LogP) is 5.43. The lowest BCUT2D eigenvalue weighted by Gasteiger charge is -2.42. The standard InChI is InChI=1S/C16H34O/c1-8-12-16(7,15(4,5)6)17-13-11-14(9-2)10-3/h14H,8-13H2,1-7H3. The Bertz CT molecular complexity index is 188. The van der Waals surface area contributed by atoms with Gasteiger partial charge in [0.2, 0.25) is 0 Å². The molecule has 0 bridgehead atoms. The van der Waals surface area contributed by atoms with E-state index in [0.29, 0.717) is 0 Å². The summed E-state index contributed by atoms with van der Waals surface area (Å²) in [5.41, 5.74) is 0.241. The lowest BCUT2D eigenvalue weighted by atomic mass is 9.75. The second-order valence-electron chi connectivity index (χ2n) is 6.55. The van der Waals surface area contributed by atoms with Crippen molar-refractivity contribution in [3.8, 4) is 0 Å². The molecule has 1 heteroatoms. The molecule has 0 aliphatic heterocycles. The van der Waals surface area contributed by atoms with Gasteiger partial charge in [0.05, 0.1) is 5.60 Å². The van der Waals surface area contributed by atoms with Crippen molar-refractivity contribution in [2.24, 2.45) is 11.3 Å². The molecule has 1 atom stereocenters. The van der Waals surface area contributed by atoms with Gasteiger partial charge in [-0.25, -0.2) is 0 Å². The summed E-state index contributed by atoms with van der Waals surface area (Å²) in [6.07, 6.45) is 6.11.